The number of nitriles is 1. The minimum absolute atomic E-state index is 0.0133. The van der Waals surface area contributed by atoms with Crippen molar-refractivity contribution in [2.24, 2.45) is 17.9 Å². The topological polar surface area (TPSA) is 180 Å². The van der Waals surface area contributed by atoms with Gasteiger partial charge in [-0.25, -0.2) is 18.7 Å². The van der Waals surface area contributed by atoms with Crippen LogP contribution in [0.15, 0.2) is 55.1 Å². The Morgan fingerprint density at radius 2 is 1.66 bits per heavy atom. The number of nitrogens with one attached hydrogen (secondary N) is 1. The molecule has 3 fully saturated rings. The van der Waals surface area contributed by atoms with E-state index in [9.17, 15) is 28.4 Å². The second-order valence-electron chi connectivity index (χ2n) is 21.6. The first-order valence-electron chi connectivity index (χ1n) is 25.6. The van der Waals surface area contributed by atoms with Gasteiger partial charge >= 0.3 is 0 Å². The number of ether oxygens (including phenoxy) is 2. The number of aromatic nitrogens is 6. The average Bonchev–Trinajstić information content (AvgIpc) is 4.02. The number of anilines is 3. The molecule has 7 heterocycles. The van der Waals surface area contributed by atoms with Gasteiger partial charge in [0.25, 0.3) is 12.3 Å². The first-order chi connectivity index (χ1) is 35.4. The Hall–Kier alpha value is -6.65. The summed E-state index contributed by atoms with van der Waals surface area (Å²) in [5, 5.41) is 22.3. The average molecular weight is 1030 g/mol. The third-order valence-electron chi connectivity index (χ3n) is 16.0. The van der Waals surface area contributed by atoms with Crippen LogP contribution in [0.3, 0.4) is 0 Å². The number of fused-ring (bicyclic) bond motifs is 2. The van der Waals surface area contributed by atoms with Crippen LogP contribution in [-0.2, 0) is 40.8 Å². The SMILES string of the molecule is CC(=O)N1CCc2c(c(N3CCCc4cc(-c5cnn(C)c5)c(C(F)F)cc43)nn2C2CCN(C(=O)COC3CCN(c4ncc(C(=O)NC5C(C)(C)C(Oc6ccc(C#N)c(Cl)c6)C5(C)C)cn4)CC3)CC2)C1. The van der Waals surface area contributed by atoms with Crippen molar-refractivity contribution in [3.63, 3.8) is 0 Å². The van der Waals surface area contributed by atoms with Gasteiger partial charge in [-0.2, -0.15) is 15.5 Å². The number of alkyl halides is 2. The number of hydrogen-bond acceptors (Lipinski definition) is 12. The van der Waals surface area contributed by atoms with E-state index in [1.807, 2.05) is 15.9 Å². The van der Waals surface area contributed by atoms with Gasteiger partial charge in [-0.1, -0.05) is 39.3 Å². The number of nitrogens with zero attached hydrogens (tertiary/aromatic N) is 11. The number of amides is 3. The first kappa shape index (κ1) is 50.9. The number of carbonyl (C=O) groups excluding carboxylic acids is 3. The van der Waals surface area contributed by atoms with Crippen molar-refractivity contribution >= 4 is 46.8 Å². The number of likely N-dealkylation sites (tertiary alicyclic amines) is 1. The Morgan fingerprint density at radius 1 is 0.932 bits per heavy atom. The summed E-state index contributed by atoms with van der Waals surface area (Å²) in [4.78, 5) is 56.7. The van der Waals surface area contributed by atoms with Crippen molar-refractivity contribution in [2.45, 2.75) is 117 Å². The lowest BCUT2D eigenvalue weighted by atomic mass is 9.49. The molecule has 0 atom stereocenters. The Labute approximate surface area is 434 Å². The second-order valence-corrected chi connectivity index (χ2v) is 22.0. The highest BCUT2D eigenvalue weighted by atomic mass is 35.5. The molecule has 1 saturated carbocycles. The van der Waals surface area contributed by atoms with Gasteiger partial charge in [-0.15, -0.1) is 0 Å². The highest BCUT2D eigenvalue weighted by Crippen LogP contribution is 2.56. The fourth-order valence-electron chi connectivity index (χ4n) is 12.4. The summed E-state index contributed by atoms with van der Waals surface area (Å²) >= 11 is 6.26. The molecule has 5 aromatic rings. The maximum Gasteiger partial charge on any atom is 0.264 e. The summed E-state index contributed by atoms with van der Waals surface area (Å²) in [5.41, 5.74) is 4.66. The molecule has 0 unspecified atom stereocenters. The molecule has 0 radical (unpaired) electrons. The van der Waals surface area contributed by atoms with E-state index in [4.69, 9.17) is 26.2 Å². The molecule has 1 aliphatic carbocycles. The summed E-state index contributed by atoms with van der Waals surface area (Å²) in [6.45, 7) is 13.7. The Balaban J connectivity index is 0.719. The maximum absolute atomic E-state index is 14.8. The molecule has 2 saturated heterocycles. The normalized spacial score (nSPS) is 20.7. The highest BCUT2D eigenvalue weighted by Gasteiger charge is 2.64. The zero-order valence-corrected chi connectivity index (χ0v) is 43.5. The molecule has 0 bridgehead atoms. The highest BCUT2D eigenvalue weighted by molar-refractivity contribution is 6.31. The number of aryl methyl sites for hydroxylation is 2. The molecule has 2 aromatic carbocycles. The quantitative estimate of drug-likeness (QED) is 0.128. The monoisotopic (exact) mass is 1030 g/mol. The summed E-state index contributed by atoms with van der Waals surface area (Å²) in [5.74, 6) is 1.45. The van der Waals surface area contributed by atoms with E-state index in [1.165, 1.54) is 0 Å². The molecule has 0 spiro atoms. The first-order valence-corrected chi connectivity index (χ1v) is 26.0. The van der Waals surface area contributed by atoms with Crippen LogP contribution in [0, 0.1) is 22.2 Å². The van der Waals surface area contributed by atoms with Crippen LogP contribution >= 0.6 is 11.6 Å². The van der Waals surface area contributed by atoms with E-state index >= 15 is 0 Å². The van der Waals surface area contributed by atoms with Crippen LogP contribution in [0.4, 0.5) is 26.2 Å². The molecule has 17 nitrogen and oxygen atoms in total. The van der Waals surface area contributed by atoms with Crippen molar-refractivity contribution in [3.05, 3.63) is 93.7 Å². The Morgan fingerprint density at radius 3 is 2.31 bits per heavy atom. The second kappa shape index (κ2) is 20.2. The number of rotatable bonds is 12. The van der Waals surface area contributed by atoms with Crippen molar-refractivity contribution in [2.75, 3.05) is 55.7 Å². The molecule has 20 heteroatoms. The molecule has 1 N–H and O–H groups in total. The van der Waals surface area contributed by atoms with Gasteiger partial charge < -0.3 is 34.4 Å². The largest absolute Gasteiger partial charge is 0.489 e. The minimum atomic E-state index is -2.69. The molecule has 5 aliphatic rings. The lowest BCUT2D eigenvalue weighted by Crippen LogP contribution is -2.74. The van der Waals surface area contributed by atoms with E-state index in [2.05, 4.69) is 68.6 Å². The predicted molar refractivity (Wildman–Crippen MR) is 273 cm³/mol. The number of hydrogen-bond donors (Lipinski definition) is 1. The van der Waals surface area contributed by atoms with Gasteiger partial charge in [0, 0.05) is 129 Å². The summed E-state index contributed by atoms with van der Waals surface area (Å²) in [7, 11) is 1.77. The zero-order valence-electron chi connectivity index (χ0n) is 42.8. The van der Waals surface area contributed by atoms with Crippen LogP contribution in [0.2, 0.25) is 5.02 Å². The lowest BCUT2D eigenvalue weighted by Gasteiger charge is -2.63. The maximum atomic E-state index is 14.8. The smallest absolute Gasteiger partial charge is 0.264 e. The molecular formula is C54H63ClF2N12O5. The molecule has 74 heavy (non-hydrogen) atoms. The summed E-state index contributed by atoms with van der Waals surface area (Å²) in [6, 6.07) is 10.4. The van der Waals surface area contributed by atoms with Gasteiger partial charge in [0.05, 0.1) is 41.0 Å². The van der Waals surface area contributed by atoms with Crippen LogP contribution < -0.4 is 19.9 Å². The van der Waals surface area contributed by atoms with Gasteiger partial charge in [0.15, 0.2) is 5.82 Å². The third-order valence-corrected chi connectivity index (χ3v) is 16.4. The van der Waals surface area contributed by atoms with Gasteiger partial charge in [-0.3, -0.25) is 23.7 Å². The predicted octanol–water partition coefficient (Wildman–Crippen LogP) is 7.99. The summed E-state index contributed by atoms with van der Waals surface area (Å²) < 4.78 is 45.8. The zero-order chi connectivity index (χ0) is 52.2. The molecule has 4 aliphatic heterocycles. The van der Waals surface area contributed by atoms with Gasteiger partial charge in [-0.05, 0) is 73.9 Å². The summed E-state index contributed by atoms with van der Waals surface area (Å²) in [6.07, 6.45) is 8.39. The van der Waals surface area contributed by atoms with E-state index in [1.54, 1.807) is 67.7 Å². The fraction of sp³-hybridized carbons (Fsp3) is 0.519. The number of benzene rings is 2. The van der Waals surface area contributed by atoms with Crippen molar-refractivity contribution < 1.29 is 32.6 Å². The molecule has 3 aromatic heterocycles. The number of halogens is 3. The van der Waals surface area contributed by atoms with Crippen LogP contribution in [0.1, 0.15) is 117 Å². The molecule has 390 valence electrons. The van der Waals surface area contributed by atoms with Gasteiger partial charge in [0.1, 0.15) is 24.5 Å². The molecule has 10 rings (SSSR count). The van der Waals surface area contributed by atoms with Crippen LogP contribution in [0.25, 0.3) is 11.1 Å². The fourth-order valence-corrected chi connectivity index (χ4v) is 12.6. The van der Waals surface area contributed by atoms with Crippen LogP contribution in [0.5, 0.6) is 5.75 Å². The molecule has 3 amide bonds. The Bertz CT molecular complexity index is 2970. The van der Waals surface area contributed by atoms with E-state index in [-0.39, 0.29) is 54.2 Å². The van der Waals surface area contributed by atoms with E-state index in [0.29, 0.717) is 123 Å². The van der Waals surface area contributed by atoms with Crippen molar-refractivity contribution in [3.8, 4) is 22.9 Å². The number of carbonyl (C=O) groups is 3. The lowest BCUT2D eigenvalue weighted by molar-refractivity contribution is -0.164. The van der Waals surface area contributed by atoms with Gasteiger partial charge in [0.2, 0.25) is 17.8 Å². The van der Waals surface area contributed by atoms with Crippen molar-refractivity contribution in [1.82, 2.24) is 44.6 Å². The molecular weight excluding hydrogens is 970 g/mol. The third kappa shape index (κ3) is 9.66. The van der Waals surface area contributed by atoms with E-state index in [0.717, 1.165) is 35.3 Å². The standard InChI is InChI=1S/C54H63ClF2N12O5/c1-32(70)67-21-15-44-42(30-67)48(68-16-7-8-33-22-40(36-28-61-64(6)29-36)41(47(56)57)24-45(33)68)63-69(44)37-11-17-65(18-12-37)46(71)31-73-38-13-19-66(20-14-38)52-59-26-35(27-60-52)49(72)62-50-53(2,3)51(54(50,4)5)74-39-10-9-34(25-58)43(55)23-39/h9-10,22-24,26-29,37-38,47,50-51H,7-8,11-21,30-31H2,1-6H3,(H,62,72). The van der Waals surface area contributed by atoms with Crippen molar-refractivity contribution in [1.29, 1.82) is 5.26 Å². The Kier molecular flexibility index (Phi) is 13.9. The van der Waals surface area contributed by atoms with Crippen LogP contribution in [-0.4, -0.2) is 121 Å². The van der Waals surface area contributed by atoms with E-state index < -0.39 is 17.3 Å². The minimum Gasteiger partial charge on any atom is -0.489 e. The number of piperidine rings is 2.